The topological polar surface area (TPSA) is 92.9 Å². The van der Waals surface area contributed by atoms with E-state index in [0.29, 0.717) is 12.2 Å². The highest BCUT2D eigenvalue weighted by molar-refractivity contribution is 5.72. The van der Waals surface area contributed by atoms with Crippen molar-refractivity contribution in [1.29, 1.82) is 0 Å². The normalized spacial score (nSPS) is 11.8. The molecule has 110 valence electrons. The minimum Gasteiger partial charge on any atom is -0.490 e. The molecule has 7 nitrogen and oxygen atoms in total. The van der Waals surface area contributed by atoms with E-state index in [4.69, 9.17) is 9.84 Å². The second-order valence-electron chi connectivity index (χ2n) is 4.32. The molecule has 0 saturated heterocycles. The van der Waals surface area contributed by atoms with E-state index >= 15 is 0 Å². The number of ether oxygens (including phenoxy) is 1. The SMILES string of the molecule is CCN(c1cccc(OC)c1[N+](=O)[O-])C(C)CC(=O)O. The fraction of sp³-hybridized carbons (Fsp3) is 0.462. The van der Waals surface area contributed by atoms with Gasteiger partial charge in [-0.2, -0.15) is 0 Å². The molecule has 0 aliphatic carbocycles. The predicted octanol–water partition coefficient (Wildman–Crippen LogP) is 2.29. The van der Waals surface area contributed by atoms with E-state index in [1.165, 1.54) is 13.2 Å². The van der Waals surface area contributed by atoms with Crippen LogP contribution >= 0.6 is 0 Å². The fourth-order valence-corrected chi connectivity index (χ4v) is 2.17. The highest BCUT2D eigenvalue weighted by atomic mass is 16.6. The van der Waals surface area contributed by atoms with Gasteiger partial charge in [-0.1, -0.05) is 6.07 Å². The third kappa shape index (κ3) is 3.37. The van der Waals surface area contributed by atoms with Crippen molar-refractivity contribution in [3.8, 4) is 5.75 Å². The Kier molecular flexibility index (Phi) is 5.31. The zero-order valence-corrected chi connectivity index (χ0v) is 11.7. The largest absolute Gasteiger partial charge is 0.490 e. The first kappa shape index (κ1) is 15.7. The molecule has 0 radical (unpaired) electrons. The summed E-state index contributed by atoms with van der Waals surface area (Å²) >= 11 is 0. The van der Waals surface area contributed by atoms with Crippen molar-refractivity contribution < 1.29 is 19.6 Å². The average Bonchev–Trinajstić information content (AvgIpc) is 2.37. The zero-order valence-electron chi connectivity index (χ0n) is 11.7. The summed E-state index contributed by atoms with van der Waals surface area (Å²) in [5, 5.41) is 20.1. The molecule has 1 aromatic rings. The van der Waals surface area contributed by atoms with Crippen molar-refractivity contribution in [2.75, 3.05) is 18.6 Å². The van der Waals surface area contributed by atoms with Crippen LogP contribution in [-0.4, -0.2) is 35.7 Å². The van der Waals surface area contributed by atoms with E-state index in [0.717, 1.165) is 0 Å². The highest BCUT2D eigenvalue weighted by Crippen LogP contribution is 2.37. The lowest BCUT2D eigenvalue weighted by molar-refractivity contribution is -0.385. The first-order chi connectivity index (χ1) is 9.42. The van der Waals surface area contributed by atoms with Crippen LogP contribution in [0.3, 0.4) is 0 Å². The third-order valence-electron chi connectivity index (χ3n) is 3.03. The minimum atomic E-state index is -0.943. The lowest BCUT2D eigenvalue weighted by Gasteiger charge is -2.29. The lowest BCUT2D eigenvalue weighted by atomic mass is 10.1. The number of hydrogen-bond acceptors (Lipinski definition) is 5. The van der Waals surface area contributed by atoms with Crippen molar-refractivity contribution in [3.63, 3.8) is 0 Å². The number of benzene rings is 1. The van der Waals surface area contributed by atoms with Crippen LogP contribution < -0.4 is 9.64 Å². The van der Waals surface area contributed by atoms with Crippen molar-refractivity contribution >= 4 is 17.3 Å². The fourth-order valence-electron chi connectivity index (χ4n) is 2.17. The van der Waals surface area contributed by atoms with Gasteiger partial charge >= 0.3 is 11.7 Å². The number of carboxylic acids is 1. The number of carbonyl (C=O) groups is 1. The van der Waals surface area contributed by atoms with Crippen LogP contribution in [-0.2, 0) is 4.79 Å². The molecule has 0 aromatic heterocycles. The number of nitrogens with zero attached hydrogens (tertiary/aromatic N) is 2. The third-order valence-corrected chi connectivity index (χ3v) is 3.03. The molecule has 1 atom stereocenters. The quantitative estimate of drug-likeness (QED) is 0.609. The van der Waals surface area contributed by atoms with Crippen molar-refractivity contribution in [1.82, 2.24) is 0 Å². The molecule has 20 heavy (non-hydrogen) atoms. The number of para-hydroxylation sites is 1. The summed E-state index contributed by atoms with van der Waals surface area (Å²) < 4.78 is 5.02. The maximum absolute atomic E-state index is 11.2. The summed E-state index contributed by atoms with van der Waals surface area (Å²) in [6.07, 6.45) is -0.0950. The summed E-state index contributed by atoms with van der Waals surface area (Å²) in [5.41, 5.74) is 0.222. The Morgan fingerprint density at radius 1 is 1.55 bits per heavy atom. The van der Waals surface area contributed by atoms with Gasteiger partial charge in [0.15, 0.2) is 5.75 Å². The monoisotopic (exact) mass is 282 g/mol. The molecular formula is C13H18N2O5. The van der Waals surface area contributed by atoms with Crippen LogP contribution in [0.15, 0.2) is 18.2 Å². The van der Waals surface area contributed by atoms with Gasteiger partial charge in [-0.05, 0) is 26.0 Å². The van der Waals surface area contributed by atoms with E-state index in [2.05, 4.69) is 0 Å². The second kappa shape index (κ2) is 6.74. The average molecular weight is 282 g/mol. The maximum Gasteiger partial charge on any atom is 0.333 e. The zero-order chi connectivity index (χ0) is 15.3. The van der Waals surface area contributed by atoms with Gasteiger partial charge < -0.3 is 14.7 Å². The smallest absolute Gasteiger partial charge is 0.333 e. The molecule has 0 heterocycles. The van der Waals surface area contributed by atoms with Crippen LogP contribution in [0, 0.1) is 10.1 Å². The number of methoxy groups -OCH3 is 1. The van der Waals surface area contributed by atoms with Gasteiger partial charge in [0, 0.05) is 12.6 Å². The number of aliphatic carboxylic acids is 1. The van der Waals surface area contributed by atoms with E-state index in [-0.39, 0.29) is 23.9 Å². The van der Waals surface area contributed by atoms with Crippen molar-refractivity contribution in [2.45, 2.75) is 26.3 Å². The maximum atomic E-state index is 11.2. The Morgan fingerprint density at radius 2 is 2.20 bits per heavy atom. The van der Waals surface area contributed by atoms with Gasteiger partial charge in [-0.25, -0.2) is 0 Å². The summed E-state index contributed by atoms with van der Waals surface area (Å²) in [5.74, 6) is -0.782. The molecule has 1 rings (SSSR count). The molecule has 0 saturated carbocycles. The van der Waals surface area contributed by atoms with Crippen molar-refractivity contribution in [3.05, 3.63) is 28.3 Å². The number of nitro groups is 1. The summed E-state index contributed by atoms with van der Waals surface area (Å²) in [4.78, 5) is 23.2. The Bertz CT molecular complexity index is 504. The standard InChI is InChI=1S/C13H18N2O5/c1-4-14(9(2)8-12(16)17)10-6-5-7-11(20-3)13(10)15(18)19/h5-7,9H,4,8H2,1-3H3,(H,16,17). The molecule has 1 unspecified atom stereocenters. The van der Waals surface area contributed by atoms with Crippen LogP contribution in [0.1, 0.15) is 20.3 Å². The molecule has 0 amide bonds. The van der Waals surface area contributed by atoms with E-state index < -0.39 is 10.9 Å². The van der Waals surface area contributed by atoms with Crippen LogP contribution in [0.5, 0.6) is 5.75 Å². The van der Waals surface area contributed by atoms with E-state index in [1.807, 2.05) is 6.92 Å². The number of anilines is 1. The van der Waals surface area contributed by atoms with Gasteiger partial charge in [-0.15, -0.1) is 0 Å². The first-order valence-corrected chi connectivity index (χ1v) is 6.22. The van der Waals surface area contributed by atoms with Crippen LogP contribution in [0.2, 0.25) is 0 Å². The number of rotatable bonds is 7. The molecule has 1 N–H and O–H groups in total. The second-order valence-corrected chi connectivity index (χ2v) is 4.32. The predicted molar refractivity (Wildman–Crippen MR) is 74.4 cm³/mol. The lowest BCUT2D eigenvalue weighted by Crippen LogP contribution is -2.35. The molecule has 0 spiro atoms. The van der Waals surface area contributed by atoms with Crippen LogP contribution in [0.4, 0.5) is 11.4 Å². The van der Waals surface area contributed by atoms with E-state index in [9.17, 15) is 14.9 Å². The molecule has 0 aliphatic heterocycles. The molecule has 0 aliphatic rings. The summed E-state index contributed by atoms with van der Waals surface area (Å²) in [7, 11) is 1.36. The highest BCUT2D eigenvalue weighted by Gasteiger charge is 2.27. The summed E-state index contributed by atoms with van der Waals surface area (Å²) in [6, 6.07) is 4.40. The molecule has 0 bridgehead atoms. The van der Waals surface area contributed by atoms with Gasteiger partial charge in [0.25, 0.3) is 0 Å². The van der Waals surface area contributed by atoms with Crippen LogP contribution in [0.25, 0.3) is 0 Å². The number of hydrogen-bond donors (Lipinski definition) is 1. The Balaban J connectivity index is 3.27. The molecule has 1 aromatic carbocycles. The van der Waals surface area contributed by atoms with Gasteiger partial charge in [0.1, 0.15) is 5.69 Å². The Labute approximate surface area is 116 Å². The van der Waals surface area contributed by atoms with Gasteiger partial charge in [0.05, 0.1) is 18.5 Å². The Morgan fingerprint density at radius 3 is 2.65 bits per heavy atom. The number of nitro benzene ring substituents is 1. The van der Waals surface area contributed by atoms with Gasteiger partial charge in [0.2, 0.25) is 0 Å². The molecule has 7 heteroatoms. The molecular weight excluding hydrogens is 264 g/mol. The first-order valence-electron chi connectivity index (χ1n) is 6.22. The van der Waals surface area contributed by atoms with Gasteiger partial charge in [-0.3, -0.25) is 14.9 Å². The van der Waals surface area contributed by atoms with E-state index in [1.54, 1.807) is 24.0 Å². The minimum absolute atomic E-state index is 0.0950. The number of carboxylic acid groups (broad SMARTS) is 1. The Hall–Kier alpha value is -2.31. The van der Waals surface area contributed by atoms with Crippen molar-refractivity contribution in [2.24, 2.45) is 0 Å². The molecule has 0 fully saturated rings. The summed E-state index contributed by atoms with van der Waals surface area (Å²) in [6.45, 7) is 4.00.